The van der Waals surface area contributed by atoms with Gasteiger partial charge in [-0.15, -0.1) is 0 Å². The van der Waals surface area contributed by atoms with Crippen LogP contribution in [0.3, 0.4) is 0 Å². The zero-order chi connectivity index (χ0) is 14.2. The van der Waals surface area contributed by atoms with Crippen molar-refractivity contribution >= 4 is 11.6 Å². The largest absolute Gasteiger partial charge is 0.504 e. The molecular formula is C16H16O3. The second kappa shape index (κ2) is 4.50. The summed E-state index contributed by atoms with van der Waals surface area (Å²) in [6, 6.07) is 6.54. The summed E-state index contributed by atoms with van der Waals surface area (Å²) in [6.45, 7) is 5.93. The molecule has 0 radical (unpaired) electrons. The summed E-state index contributed by atoms with van der Waals surface area (Å²) in [5, 5.41) is 9.91. The average molecular weight is 256 g/mol. The Morgan fingerprint density at radius 2 is 1.53 bits per heavy atom. The maximum absolute atomic E-state index is 12.3. The highest BCUT2D eigenvalue weighted by Crippen LogP contribution is 2.27. The van der Waals surface area contributed by atoms with Gasteiger partial charge in [-0.05, 0) is 5.41 Å². The molecule has 1 aliphatic rings. The van der Waals surface area contributed by atoms with E-state index >= 15 is 0 Å². The molecule has 0 saturated carbocycles. The zero-order valence-electron chi connectivity index (χ0n) is 11.2. The summed E-state index contributed by atoms with van der Waals surface area (Å²) >= 11 is 0. The molecule has 19 heavy (non-hydrogen) atoms. The van der Waals surface area contributed by atoms with E-state index in [4.69, 9.17) is 0 Å². The number of fused-ring (bicyclic) bond motifs is 1. The third-order valence-corrected chi connectivity index (χ3v) is 2.88. The second-order valence-electron chi connectivity index (χ2n) is 5.67. The topological polar surface area (TPSA) is 54.4 Å². The van der Waals surface area contributed by atoms with Gasteiger partial charge in [-0.3, -0.25) is 9.59 Å². The molecule has 1 aliphatic carbocycles. The van der Waals surface area contributed by atoms with Gasteiger partial charge in [-0.1, -0.05) is 57.2 Å². The van der Waals surface area contributed by atoms with Crippen LogP contribution < -0.4 is 0 Å². The normalized spacial score (nSPS) is 16.2. The number of allylic oxidation sites excluding steroid dienone is 4. The molecule has 0 amide bonds. The lowest BCUT2D eigenvalue weighted by atomic mass is 9.86. The predicted molar refractivity (Wildman–Crippen MR) is 73.4 cm³/mol. The maximum Gasteiger partial charge on any atom is 0.228 e. The van der Waals surface area contributed by atoms with E-state index in [2.05, 4.69) is 0 Å². The summed E-state index contributed by atoms with van der Waals surface area (Å²) in [5.41, 5.74) is 0.545. The molecule has 0 bridgehead atoms. The molecule has 3 heteroatoms. The first-order valence-electron chi connectivity index (χ1n) is 6.12. The minimum absolute atomic E-state index is 0.0682. The molecule has 1 aromatic carbocycles. The number of hydrogen-bond acceptors (Lipinski definition) is 3. The molecule has 1 aromatic rings. The Morgan fingerprint density at radius 3 is 2.05 bits per heavy atom. The van der Waals surface area contributed by atoms with Crippen LogP contribution in [0.5, 0.6) is 0 Å². The number of carbonyl (C=O) groups excluding carboxylic acids is 2. The van der Waals surface area contributed by atoms with Crippen molar-refractivity contribution in [2.75, 3.05) is 0 Å². The Bertz CT molecular complexity index is 613. The molecule has 0 unspecified atom stereocenters. The van der Waals surface area contributed by atoms with Gasteiger partial charge in [0.2, 0.25) is 5.78 Å². The van der Waals surface area contributed by atoms with Gasteiger partial charge in [0.25, 0.3) is 0 Å². The number of benzene rings is 1. The van der Waals surface area contributed by atoms with Crippen molar-refractivity contribution in [2.45, 2.75) is 20.8 Å². The molecule has 2 rings (SSSR count). The summed E-state index contributed by atoms with van der Waals surface area (Å²) in [4.78, 5) is 24.3. The number of rotatable bonds is 1. The maximum atomic E-state index is 12.3. The highest BCUT2D eigenvalue weighted by Gasteiger charge is 2.30. The van der Waals surface area contributed by atoms with Crippen molar-refractivity contribution < 1.29 is 14.7 Å². The molecule has 1 N–H and O–H groups in total. The van der Waals surface area contributed by atoms with E-state index in [9.17, 15) is 14.7 Å². The van der Waals surface area contributed by atoms with Gasteiger partial charge in [0.15, 0.2) is 11.5 Å². The fraction of sp³-hybridized carbons (Fsp3) is 0.250. The van der Waals surface area contributed by atoms with Crippen LogP contribution in [0.1, 0.15) is 41.5 Å². The monoisotopic (exact) mass is 256 g/mol. The lowest BCUT2D eigenvalue weighted by Gasteiger charge is -2.17. The third-order valence-electron chi connectivity index (χ3n) is 2.88. The van der Waals surface area contributed by atoms with Crippen LogP contribution in [0.2, 0.25) is 0 Å². The third kappa shape index (κ3) is 2.50. The van der Waals surface area contributed by atoms with E-state index in [1.54, 1.807) is 30.3 Å². The lowest BCUT2D eigenvalue weighted by Crippen LogP contribution is -2.21. The Balaban J connectivity index is 2.52. The Labute approximate surface area is 112 Å². The molecule has 0 atom stereocenters. The lowest BCUT2D eigenvalue weighted by molar-refractivity contribution is 0.0932. The van der Waals surface area contributed by atoms with E-state index < -0.39 is 11.5 Å². The smallest absolute Gasteiger partial charge is 0.228 e. The summed E-state index contributed by atoms with van der Waals surface area (Å²) in [7, 11) is 0. The summed E-state index contributed by atoms with van der Waals surface area (Å²) in [5.74, 6) is -1.28. The van der Waals surface area contributed by atoms with E-state index in [1.807, 2.05) is 20.8 Å². The van der Waals surface area contributed by atoms with Gasteiger partial charge in [0.05, 0.1) is 5.57 Å². The molecule has 0 heterocycles. The highest BCUT2D eigenvalue weighted by molar-refractivity contribution is 6.26. The molecule has 0 aliphatic heterocycles. The number of Topliss-reactive ketones (excluding diaryl/α,β-unsaturated/α-hetero) is 2. The minimum Gasteiger partial charge on any atom is -0.504 e. The fourth-order valence-electron chi connectivity index (χ4n) is 1.87. The summed E-state index contributed by atoms with van der Waals surface area (Å²) in [6.07, 6.45) is 3.34. The second-order valence-corrected chi connectivity index (χ2v) is 5.67. The van der Waals surface area contributed by atoms with Crippen LogP contribution in [-0.4, -0.2) is 16.7 Å². The van der Waals surface area contributed by atoms with E-state index in [0.29, 0.717) is 5.56 Å². The number of aliphatic hydroxyl groups excluding tert-OH is 1. The van der Waals surface area contributed by atoms with E-state index in [0.717, 1.165) is 0 Å². The van der Waals surface area contributed by atoms with Gasteiger partial charge < -0.3 is 5.11 Å². The quantitative estimate of drug-likeness (QED) is 0.836. The van der Waals surface area contributed by atoms with Crippen LogP contribution in [-0.2, 0) is 0 Å². The molecule has 98 valence electrons. The van der Waals surface area contributed by atoms with Gasteiger partial charge in [0, 0.05) is 11.1 Å². The molecule has 3 nitrogen and oxygen atoms in total. The van der Waals surface area contributed by atoms with Crippen LogP contribution in [0.25, 0.3) is 0 Å². The zero-order valence-corrected chi connectivity index (χ0v) is 11.2. The first-order valence-corrected chi connectivity index (χ1v) is 6.12. The molecule has 0 spiro atoms. The van der Waals surface area contributed by atoms with Gasteiger partial charge in [0.1, 0.15) is 0 Å². The Hall–Kier alpha value is -2.16. The van der Waals surface area contributed by atoms with Gasteiger partial charge >= 0.3 is 0 Å². The first-order chi connectivity index (χ1) is 8.81. The highest BCUT2D eigenvalue weighted by atomic mass is 16.3. The Morgan fingerprint density at radius 1 is 1.00 bits per heavy atom. The number of aliphatic hydroxyl groups is 1. The minimum atomic E-state index is -0.497. The summed E-state index contributed by atoms with van der Waals surface area (Å²) < 4.78 is 0. The van der Waals surface area contributed by atoms with Gasteiger partial charge in [-0.25, -0.2) is 0 Å². The van der Waals surface area contributed by atoms with E-state index in [-0.39, 0.29) is 22.3 Å². The number of carbonyl (C=O) groups is 2. The molecule has 0 saturated heterocycles. The molecular weight excluding hydrogens is 240 g/mol. The fourth-order valence-corrected chi connectivity index (χ4v) is 1.87. The van der Waals surface area contributed by atoms with Crippen LogP contribution in [0.15, 0.2) is 47.7 Å². The van der Waals surface area contributed by atoms with Crippen LogP contribution >= 0.6 is 0 Å². The van der Waals surface area contributed by atoms with Crippen LogP contribution in [0, 0.1) is 5.41 Å². The van der Waals surface area contributed by atoms with E-state index in [1.165, 1.54) is 6.08 Å². The molecule has 0 fully saturated rings. The first kappa shape index (κ1) is 13.3. The number of ketones is 2. The van der Waals surface area contributed by atoms with Crippen molar-refractivity contribution in [3.05, 3.63) is 58.9 Å². The molecule has 0 aromatic heterocycles. The van der Waals surface area contributed by atoms with Crippen molar-refractivity contribution in [3.8, 4) is 0 Å². The SMILES string of the molecule is CC(C)(C)/C=C/C1=C(O)C(=O)c2ccccc2C1=O. The number of hydrogen-bond donors (Lipinski definition) is 1. The van der Waals surface area contributed by atoms with Crippen molar-refractivity contribution in [2.24, 2.45) is 5.41 Å². The van der Waals surface area contributed by atoms with Crippen LogP contribution in [0.4, 0.5) is 0 Å². The average Bonchev–Trinajstić information content (AvgIpc) is 2.35. The van der Waals surface area contributed by atoms with Crippen molar-refractivity contribution in [3.63, 3.8) is 0 Å². The van der Waals surface area contributed by atoms with Gasteiger partial charge in [-0.2, -0.15) is 0 Å². The van der Waals surface area contributed by atoms with Crippen molar-refractivity contribution in [1.29, 1.82) is 0 Å². The standard InChI is InChI=1S/C16H16O3/c1-16(2,3)9-8-12-13(17)10-6-4-5-7-11(10)14(18)15(12)19/h4-9,19H,1-3H3/b9-8+. The van der Waals surface area contributed by atoms with Crippen molar-refractivity contribution in [1.82, 2.24) is 0 Å². The predicted octanol–water partition coefficient (Wildman–Crippen LogP) is 3.48. The Kier molecular flexibility index (Phi) is 3.14.